The highest BCUT2D eigenvalue weighted by Gasteiger charge is 2.21. The number of carbonyl (C=O) groups excluding carboxylic acids is 1. The number of nitrogens with one attached hydrogen (secondary N) is 1. The standard InChI is InChI=1S/C12H15FN2O/c1-9(16)15-7-6-14-12(8-15)10-2-4-11(13)5-3-10/h2-5,12,14H,6-8H2,1H3. The summed E-state index contributed by atoms with van der Waals surface area (Å²) in [7, 11) is 0. The molecule has 1 fully saturated rings. The summed E-state index contributed by atoms with van der Waals surface area (Å²) in [5.74, 6) is -0.142. The van der Waals surface area contributed by atoms with Gasteiger partial charge in [-0.3, -0.25) is 4.79 Å². The maximum Gasteiger partial charge on any atom is 0.219 e. The van der Waals surface area contributed by atoms with E-state index in [4.69, 9.17) is 0 Å². The Hall–Kier alpha value is -1.42. The minimum Gasteiger partial charge on any atom is -0.340 e. The van der Waals surface area contributed by atoms with Gasteiger partial charge in [-0.05, 0) is 17.7 Å². The number of benzene rings is 1. The molecule has 0 saturated carbocycles. The molecular weight excluding hydrogens is 207 g/mol. The second-order valence-corrected chi connectivity index (χ2v) is 4.02. The molecule has 1 unspecified atom stereocenters. The van der Waals surface area contributed by atoms with E-state index in [-0.39, 0.29) is 17.8 Å². The van der Waals surface area contributed by atoms with Crippen LogP contribution in [0.2, 0.25) is 0 Å². The van der Waals surface area contributed by atoms with E-state index in [2.05, 4.69) is 5.32 Å². The Morgan fingerprint density at radius 3 is 2.75 bits per heavy atom. The number of nitrogens with zero attached hydrogens (tertiary/aromatic N) is 1. The van der Waals surface area contributed by atoms with Gasteiger partial charge in [0.2, 0.25) is 5.91 Å². The molecule has 0 spiro atoms. The molecule has 1 heterocycles. The van der Waals surface area contributed by atoms with Crippen LogP contribution in [-0.4, -0.2) is 30.4 Å². The Labute approximate surface area is 94.3 Å². The summed E-state index contributed by atoms with van der Waals surface area (Å²) in [6.07, 6.45) is 0. The van der Waals surface area contributed by atoms with E-state index in [1.54, 1.807) is 19.1 Å². The zero-order chi connectivity index (χ0) is 11.5. The number of rotatable bonds is 1. The van der Waals surface area contributed by atoms with Crippen LogP contribution in [0.25, 0.3) is 0 Å². The second kappa shape index (κ2) is 4.61. The van der Waals surface area contributed by atoms with E-state index in [0.29, 0.717) is 6.54 Å². The molecule has 0 bridgehead atoms. The molecule has 0 radical (unpaired) electrons. The van der Waals surface area contributed by atoms with Crippen molar-refractivity contribution in [3.05, 3.63) is 35.6 Å². The van der Waals surface area contributed by atoms with E-state index >= 15 is 0 Å². The third-order valence-electron chi connectivity index (χ3n) is 2.89. The van der Waals surface area contributed by atoms with Crippen LogP contribution in [0.5, 0.6) is 0 Å². The second-order valence-electron chi connectivity index (χ2n) is 4.02. The van der Waals surface area contributed by atoms with E-state index < -0.39 is 0 Å². The lowest BCUT2D eigenvalue weighted by molar-refractivity contribution is -0.130. The maximum absolute atomic E-state index is 12.8. The van der Waals surface area contributed by atoms with Gasteiger partial charge < -0.3 is 10.2 Å². The van der Waals surface area contributed by atoms with E-state index in [1.807, 2.05) is 4.90 Å². The maximum atomic E-state index is 12.8. The average molecular weight is 222 g/mol. The van der Waals surface area contributed by atoms with Crippen molar-refractivity contribution in [1.82, 2.24) is 10.2 Å². The van der Waals surface area contributed by atoms with Crippen molar-refractivity contribution in [2.45, 2.75) is 13.0 Å². The summed E-state index contributed by atoms with van der Waals surface area (Å²) in [6.45, 7) is 3.75. The molecular formula is C12H15FN2O. The van der Waals surface area contributed by atoms with Crippen molar-refractivity contribution in [3.8, 4) is 0 Å². The van der Waals surface area contributed by atoms with Gasteiger partial charge in [-0.25, -0.2) is 4.39 Å². The first kappa shape index (κ1) is 11.1. The highest BCUT2D eigenvalue weighted by atomic mass is 19.1. The van der Waals surface area contributed by atoms with Crippen LogP contribution in [0.4, 0.5) is 4.39 Å². The summed E-state index contributed by atoms with van der Waals surface area (Å²) in [4.78, 5) is 13.1. The Morgan fingerprint density at radius 1 is 1.44 bits per heavy atom. The fourth-order valence-electron chi connectivity index (χ4n) is 1.95. The van der Waals surface area contributed by atoms with Crippen LogP contribution < -0.4 is 5.32 Å². The van der Waals surface area contributed by atoms with Crippen molar-refractivity contribution in [2.24, 2.45) is 0 Å². The van der Waals surface area contributed by atoms with Crippen LogP contribution in [0.1, 0.15) is 18.5 Å². The molecule has 86 valence electrons. The van der Waals surface area contributed by atoms with E-state index in [9.17, 15) is 9.18 Å². The predicted molar refractivity (Wildman–Crippen MR) is 59.4 cm³/mol. The molecule has 1 amide bonds. The summed E-state index contributed by atoms with van der Waals surface area (Å²) in [5, 5.41) is 3.32. The van der Waals surface area contributed by atoms with Crippen molar-refractivity contribution < 1.29 is 9.18 Å². The quantitative estimate of drug-likeness (QED) is 0.777. The third-order valence-corrected chi connectivity index (χ3v) is 2.89. The molecule has 1 aliphatic rings. The van der Waals surface area contributed by atoms with Crippen LogP contribution in [0, 0.1) is 5.82 Å². The summed E-state index contributed by atoms with van der Waals surface area (Å²) >= 11 is 0. The number of halogens is 1. The topological polar surface area (TPSA) is 32.3 Å². The minimum atomic E-state index is -0.233. The van der Waals surface area contributed by atoms with Crippen LogP contribution in [-0.2, 0) is 4.79 Å². The number of carbonyl (C=O) groups is 1. The van der Waals surface area contributed by atoms with Gasteiger partial charge in [0, 0.05) is 32.6 Å². The Balaban J connectivity index is 2.09. The number of amides is 1. The van der Waals surface area contributed by atoms with Gasteiger partial charge in [-0.2, -0.15) is 0 Å². The molecule has 1 saturated heterocycles. The number of hydrogen-bond donors (Lipinski definition) is 1. The fourth-order valence-corrected chi connectivity index (χ4v) is 1.95. The molecule has 1 atom stereocenters. The monoisotopic (exact) mass is 222 g/mol. The largest absolute Gasteiger partial charge is 0.340 e. The van der Waals surface area contributed by atoms with Crippen LogP contribution in [0.3, 0.4) is 0 Å². The van der Waals surface area contributed by atoms with Crippen LogP contribution in [0.15, 0.2) is 24.3 Å². The van der Waals surface area contributed by atoms with Gasteiger partial charge in [0.15, 0.2) is 0 Å². The van der Waals surface area contributed by atoms with Crippen molar-refractivity contribution >= 4 is 5.91 Å². The SMILES string of the molecule is CC(=O)N1CCNC(c2ccc(F)cc2)C1. The van der Waals surface area contributed by atoms with Gasteiger partial charge in [-0.1, -0.05) is 12.1 Å². The minimum absolute atomic E-state index is 0.0913. The zero-order valence-electron chi connectivity index (χ0n) is 9.24. The van der Waals surface area contributed by atoms with E-state index in [1.165, 1.54) is 12.1 Å². The molecule has 2 rings (SSSR count). The lowest BCUT2D eigenvalue weighted by Crippen LogP contribution is -2.47. The predicted octanol–water partition coefficient (Wildman–Crippen LogP) is 1.32. The fraction of sp³-hybridized carbons (Fsp3) is 0.417. The highest BCUT2D eigenvalue weighted by molar-refractivity contribution is 5.73. The van der Waals surface area contributed by atoms with Crippen LogP contribution >= 0.6 is 0 Å². The number of piperazine rings is 1. The zero-order valence-corrected chi connectivity index (χ0v) is 9.24. The van der Waals surface area contributed by atoms with Crippen molar-refractivity contribution in [1.29, 1.82) is 0 Å². The summed E-state index contributed by atoms with van der Waals surface area (Å²) in [6, 6.07) is 6.53. The molecule has 4 heteroatoms. The van der Waals surface area contributed by atoms with Gasteiger partial charge in [0.05, 0.1) is 0 Å². The molecule has 1 N–H and O–H groups in total. The first-order chi connectivity index (χ1) is 7.66. The van der Waals surface area contributed by atoms with Crippen molar-refractivity contribution in [3.63, 3.8) is 0 Å². The number of hydrogen-bond acceptors (Lipinski definition) is 2. The molecule has 1 aromatic rings. The van der Waals surface area contributed by atoms with Crippen molar-refractivity contribution in [2.75, 3.05) is 19.6 Å². The smallest absolute Gasteiger partial charge is 0.219 e. The Bertz CT molecular complexity index is 377. The summed E-state index contributed by atoms with van der Waals surface area (Å²) in [5.41, 5.74) is 1.02. The normalized spacial score (nSPS) is 20.9. The first-order valence-electron chi connectivity index (χ1n) is 5.41. The van der Waals surface area contributed by atoms with Gasteiger partial charge >= 0.3 is 0 Å². The molecule has 1 aliphatic heterocycles. The summed E-state index contributed by atoms with van der Waals surface area (Å²) < 4.78 is 12.8. The Kier molecular flexibility index (Phi) is 3.19. The highest BCUT2D eigenvalue weighted by Crippen LogP contribution is 2.17. The lowest BCUT2D eigenvalue weighted by Gasteiger charge is -2.33. The first-order valence-corrected chi connectivity index (χ1v) is 5.41. The molecule has 3 nitrogen and oxygen atoms in total. The third kappa shape index (κ3) is 2.39. The van der Waals surface area contributed by atoms with Gasteiger partial charge in [0.1, 0.15) is 5.82 Å². The molecule has 16 heavy (non-hydrogen) atoms. The van der Waals surface area contributed by atoms with E-state index in [0.717, 1.165) is 18.7 Å². The molecule has 0 aromatic heterocycles. The average Bonchev–Trinajstić information content (AvgIpc) is 2.30. The Morgan fingerprint density at radius 2 is 2.12 bits per heavy atom. The molecule has 0 aliphatic carbocycles. The van der Waals surface area contributed by atoms with Gasteiger partial charge in [-0.15, -0.1) is 0 Å². The van der Waals surface area contributed by atoms with Gasteiger partial charge in [0.25, 0.3) is 0 Å². The molecule has 1 aromatic carbocycles. The lowest BCUT2D eigenvalue weighted by atomic mass is 10.0.